The molecule has 7 nitrogen and oxygen atoms in total. The summed E-state index contributed by atoms with van der Waals surface area (Å²) in [6.07, 6.45) is 2.94. The number of alkyl halides is 3. The number of halogens is 3. The van der Waals surface area contributed by atoms with Gasteiger partial charge in [-0.2, -0.15) is 13.2 Å². The number of anilines is 2. The minimum Gasteiger partial charge on any atom is -0.354 e. The fourth-order valence-electron chi connectivity index (χ4n) is 4.01. The summed E-state index contributed by atoms with van der Waals surface area (Å²) in [6, 6.07) is 7.31. The van der Waals surface area contributed by atoms with Gasteiger partial charge in [-0.1, -0.05) is 18.6 Å². The van der Waals surface area contributed by atoms with Gasteiger partial charge in [-0.25, -0.2) is 9.97 Å². The van der Waals surface area contributed by atoms with Crippen LogP contribution >= 0.6 is 0 Å². The average Bonchev–Trinajstić information content (AvgIpc) is 3.65. The van der Waals surface area contributed by atoms with E-state index in [1.807, 2.05) is 6.92 Å². The molecule has 2 heterocycles. The number of Topliss-reactive ketones (excluding diaryl/α,β-unsaturated/α-hetero) is 1. The van der Waals surface area contributed by atoms with E-state index in [0.717, 1.165) is 18.9 Å². The maximum Gasteiger partial charge on any atom is 0.418 e. The molecule has 1 fully saturated rings. The van der Waals surface area contributed by atoms with Crippen LogP contribution in [-0.2, 0) is 23.9 Å². The average molecular weight is 512 g/mol. The SMILES string of the molecule is CCCc1ncc(C(=O)CC2(C(=O)NCc3ccc(Nc4ccc(C)cc4C(F)(F)F)cn3)CC2)cn1. The summed E-state index contributed by atoms with van der Waals surface area (Å²) in [5.74, 6) is 0.299. The van der Waals surface area contributed by atoms with Crippen molar-refractivity contribution in [2.45, 2.75) is 58.7 Å². The predicted molar refractivity (Wildman–Crippen MR) is 132 cm³/mol. The first kappa shape index (κ1) is 26.2. The number of carbonyl (C=O) groups excluding carboxylic acids is 2. The standard InChI is InChI=1S/C27H28F3N5O2/c1-3-4-24-32-13-18(14-33-24)23(36)12-26(9-10-26)25(37)34-15-19-6-7-20(16-31-19)35-22-8-5-17(2)11-21(22)27(28,29)30/h5-8,11,13-14,16,35H,3-4,9-10,12,15H2,1-2H3,(H,34,37). The second kappa shape index (κ2) is 10.7. The molecule has 2 N–H and O–H groups in total. The smallest absolute Gasteiger partial charge is 0.354 e. The van der Waals surface area contributed by atoms with Crippen LogP contribution in [-0.4, -0.2) is 26.6 Å². The van der Waals surface area contributed by atoms with Gasteiger partial charge in [0.25, 0.3) is 0 Å². The minimum atomic E-state index is -4.49. The number of hydrogen-bond acceptors (Lipinski definition) is 6. The second-order valence-electron chi connectivity index (χ2n) is 9.41. The van der Waals surface area contributed by atoms with Crippen LogP contribution in [0.4, 0.5) is 24.5 Å². The van der Waals surface area contributed by atoms with E-state index >= 15 is 0 Å². The van der Waals surface area contributed by atoms with Crippen molar-refractivity contribution in [3.05, 3.63) is 77.1 Å². The lowest BCUT2D eigenvalue weighted by Crippen LogP contribution is -2.33. The van der Waals surface area contributed by atoms with Crippen LogP contribution < -0.4 is 10.6 Å². The van der Waals surface area contributed by atoms with E-state index in [0.29, 0.717) is 41.2 Å². The maximum atomic E-state index is 13.4. The zero-order chi connectivity index (χ0) is 26.6. The Morgan fingerprint density at radius 2 is 1.76 bits per heavy atom. The van der Waals surface area contributed by atoms with Gasteiger partial charge in [0.2, 0.25) is 5.91 Å². The highest BCUT2D eigenvalue weighted by Crippen LogP contribution is 2.49. The van der Waals surface area contributed by atoms with Crippen LogP contribution in [0.3, 0.4) is 0 Å². The number of ketones is 1. The maximum absolute atomic E-state index is 13.4. The van der Waals surface area contributed by atoms with Crippen LogP contribution in [0.5, 0.6) is 0 Å². The molecule has 1 aliphatic carbocycles. The summed E-state index contributed by atoms with van der Waals surface area (Å²) in [5.41, 5.74) is 0.284. The molecular formula is C27H28F3N5O2. The molecule has 0 saturated heterocycles. The van der Waals surface area contributed by atoms with E-state index in [4.69, 9.17) is 0 Å². The molecule has 1 aromatic carbocycles. The monoisotopic (exact) mass is 511 g/mol. The number of pyridine rings is 1. The number of nitrogens with zero attached hydrogens (tertiary/aromatic N) is 3. The molecule has 0 unspecified atom stereocenters. The number of nitrogens with one attached hydrogen (secondary N) is 2. The molecule has 37 heavy (non-hydrogen) atoms. The van der Waals surface area contributed by atoms with Crippen LogP contribution in [0.15, 0.2) is 48.9 Å². The number of carbonyl (C=O) groups is 2. The highest BCUT2D eigenvalue weighted by molar-refractivity contribution is 6.00. The van der Waals surface area contributed by atoms with Crippen LogP contribution in [0.25, 0.3) is 0 Å². The van der Waals surface area contributed by atoms with Gasteiger partial charge < -0.3 is 10.6 Å². The van der Waals surface area contributed by atoms with Crippen LogP contribution in [0, 0.1) is 12.3 Å². The molecule has 0 spiro atoms. The third-order valence-corrected chi connectivity index (χ3v) is 6.35. The molecule has 4 rings (SSSR count). The molecule has 1 aliphatic rings. The van der Waals surface area contributed by atoms with Crippen molar-refractivity contribution in [2.75, 3.05) is 5.32 Å². The van der Waals surface area contributed by atoms with Gasteiger partial charge in [0.1, 0.15) is 5.82 Å². The molecule has 2 aromatic heterocycles. The lowest BCUT2D eigenvalue weighted by atomic mass is 9.95. The summed E-state index contributed by atoms with van der Waals surface area (Å²) in [7, 11) is 0. The molecule has 0 radical (unpaired) electrons. The first-order chi connectivity index (χ1) is 17.6. The van der Waals surface area contributed by atoms with E-state index in [9.17, 15) is 22.8 Å². The fourth-order valence-corrected chi connectivity index (χ4v) is 4.01. The number of rotatable bonds is 10. The third kappa shape index (κ3) is 6.49. The Bertz CT molecular complexity index is 1270. The van der Waals surface area contributed by atoms with Crippen molar-refractivity contribution in [3.63, 3.8) is 0 Å². The summed E-state index contributed by atoms with van der Waals surface area (Å²) in [4.78, 5) is 38.2. The first-order valence-corrected chi connectivity index (χ1v) is 12.1. The Morgan fingerprint density at radius 3 is 2.35 bits per heavy atom. The number of aromatic nitrogens is 3. The van der Waals surface area contributed by atoms with Crippen molar-refractivity contribution >= 4 is 23.1 Å². The summed E-state index contributed by atoms with van der Waals surface area (Å²) >= 11 is 0. The quantitative estimate of drug-likeness (QED) is 0.346. The molecule has 194 valence electrons. The van der Waals surface area contributed by atoms with Gasteiger partial charge >= 0.3 is 6.18 Å². The Morgan fingerprint density at radius 1 is 1.03 bits per heavy atom. The zero-order valence-corrected chi connectivity index (χ0v) is 20.7. The Kier molecular flexibility index (Phi) is 7.56. The summed E-state index contributed by atoms with van der Waals surface area (Å²) < 4.78 is 40.1. The number of amides is 1. The molecule has 0 aliphatic heterocycles. The summed E-state index contributed by atoms with van der Waals surface area (Å²) in [5, 5.41) is 5.60. The Balaban J connectivity index is 1.33. The first-order valence-electron chi connectivity index (χ1n) is 12.1. The lowest BCUT2D eigenvalue weighted by molar-refractivity contribution is -0.137. The van der Waals surface area contributed by atoms with E-state index in [1.54, 1.807) is 25.1 Å². The van der Waals surface area contributed by atoms with Crippen molar-refractivity contribution in [1.29, 1.82) is 0 Å². The normalized spacial score (nSPS) is 14.2. The largest absolute Gasteiger partial charge is 0.418 e. The van der Waals surface area contributed by atoms with Gasteiger partial charge in [0.05, 0.1) is 46.4 Å². The highest BCUT2D eigenvalue weighted by atomic mass is 19.4. The van der Waals surface area contributed by atoms with Gasteiger partial charge in [-0.15, -0.1) is 0 Å². The lowest BCUT2D eigenvalue weighted by Gasteiger charge is -2.16. The van der Waals surface area contributed by atoms with Crippen molar-refractivity contribution < 1.29 is 22.8 Å². The molecule has 10 heteroatoms. The molecule has 3 aromatic rings. The molecule has 0 bridgehead atoms. The summed E-state index contributed by atoms with van der Waals surface area (Å²) in [6.45, 7) is 3.77. The molecule has 1 amide bonds. The highest BCUT2D eigenvalue weighted by Gasteiger charge is 2.51. The number of benzene rings is 1. The fraction of sp³-hybridized carbons (Fsp3) is 0.370. The van der Waals surface area contributed by atoms with Crippen LogP contribution in [0.1, 0.15) is 65.6 Å². The second-order valence-corrected chi connectivity index (χ2v) is 9.41. The number of aryl methyl sites for hydroxylation is 2. The third-order valence-electron chi connectivity index (χ3n) is 6.35. The van der Waals surface area contributed by atoms with Gasteiger partial charge in [-0.05, 0) is 50.5 Å². The molecular weight excluding hydrogens is 483 g/mol. The minimum absolute atomic E-state index is 0.0632. The Hall–Kier alpha value is -3.82. The van der Waals surface area contributed by atoms with Crippen molar-refractivity contribution in [3.8, 4) is 0 Å². The predicted octanol–water partition coefficient (Wildman–Crippen LogP) is 5.56. The van der Waals surface area contributed by atoms with E-state index < -0.39 is 17.2 Å². The van der Waals surface area contributed by atoms with Crippen molar-refractivity contribution in [1.82, 2.24) is 20.3 Å². The van der Waals surface area contributed by atoms with Crippen LogP contribution in [0.2, 0.25) is 0 Å². The molecule has 0 atom stereocenters. The van der Waals surface area contributed by atoms with Gasteiger partial charge in [0.15, 0.2) is 5.78 Å². The van der Waals surface area contributed by atoms with Gasteiger partial charge in [0, 0.05) is 25.2 Å². The van der Waals surface area contributed by atoms with E-state index in [1.165, 1.54) is 24.7 Å². The number of hydrogen-bond donors (Lipinski definition) is 2. The van der Waals surface area contributed by atoms with E-state index in [-0.39, 0.29) is 30.3 Å². The van der Waals surface area contributed by atoms with E-state index in [2.05, 4.69) is 25.6 Å². The Labute approximate surface area is 212 Å². The zero-order valence-electron chi connectivity index (χ0n) is 20.7. The van der Waals surface area contributed by atoms with Crippen molar-refractivity contribution in [2.24, 2.45) is 5.41 Å². The van der Waals surface area contributed by atoms with Gasteiger partial charge in [-0.3, -0.25) is 14.6 Å². The topological polar surface area (TPSA) is 96.9 Å². The molecule has 1 saturated carbocycles.